The van der Waals surface area contributed by atoms with Gasteiger partial charge in [0.25, 0.3) is 5.91 Å². The number of rotatable bonds is 8. The lowest BCUT2D eigenvalue weighted by atomic mass is 10.1. The number of para-hydroxylation sites is 1. The van der Waals surface area contributed by atoms with Crippen LogP contribution in [0.5, 0.6) is 11.5 Å². The number of carbonyl (C=O) groups excluding carboxylic acids is 1. The van der Waals surface area contributed by atoms with E-state index in [4.69, 9.17) is 9.47 Å². The predicted molar refractivity (Wildman–Crippen MR) is 86.3 cm³/mol. The summed E-state index contributed by atoms with van der Waals surface area (Å²) in [6.07, 6.45) is 1.78. The van der Waals surface area contributed by atoms with Crippen LogP contribution in [0.15, 0.2) is 54.6 Å². The van der Waals surface area contributed by atoms with Crippen molar-refractivity contribution in [1.82, 2.24) is 5.32 Å². The maximum absolute atomic E-state index is 11.7. The summed E-state index contributed by atoms with van der Waals surface area (Å²) < 4.78 is 10.6. The Balaban J connectivity index is 1.62. The van der Waals surface area contributed by atoms with Gasteiger partial charge < -0.3 is 14.8 Å². The first-order chi connectivity index (χ1) is 10.8. The van der Waals surface area contributed by atoms with E-state index < -0.39 is 0 Å². The zero-order valence-electron chi connectivity index (χ0n) is 12.7. The van der Waals surface area contributed by atoms with Crippen LogP contribution in [0.3, 0.4) is 0 Å². The first-order valence-electron chi connectivity index (χ1n) is 7.35. The smallest absolute Gasteiger partial charge is 0.257 e. The monoisotopic (exact) mass is 299 g/mol. The van der Waals surface area contributed by atoms with Gasteiger partial charge in [0.1, 0.15) is 11.5 Å². The molecule has 0 aliphatic carbocycles. The van der Waals surface area contributed by atoms with E-state index >= 15 is 0 Å². The number of benzene rings is 2. The average Bonchev–Trinajstić information content (AvgIpc) is 2.58. The second kappa shape index (κ2) is 8.72. The SMILES string of the molecule is COc1cccc(CCCNC(=O)COc2ccccc2)c1. The second-order valence-corrected chi connectivity index (χ2v) is 4.91. The van der Waals surface area contributed by atoms with Crippen LogP contribution in [0, 0.1) is 0 Å². The van der Waals surface area contributed by atoms with Crippen molar-refractivity contribution in [3.05, 3.63) is 60.2 Å². The van der Waals surface area contributed by atoms with Gasteiger partial charge in [0.05, 0.1) is 7.11 Å². The molecular formula is C18H21NO3. The quantitative estimate of drug-likeness (QED) is 0.763. The van der Waals surface area contributed by atoms with Crippen molar-refractivity contribution >= 4 is 5.91 Å². The maximum Gasteiger partial charge on any atom is 0.257 e. The van der Waals surface area contributed by atoms with Crippen molar-refractivity contribution in [2.75, 3.05) is 20.3 Å². The number of ether oxygens (including phenoxy) is 2. The number of carbonyl (C=O) groups is 1. The van der Waals surface area contributed by atoms with Crippen molar-refractivity contribution < 1.29 is 14.3 Å². The molecule has 2 aromatic rings. The van der Waals surface area contributed by atoms with Crippen LogP contribution >= 0.6 is 0 Å². The summed E-state index contributed by atoms with van der Waals surface area (Å²) in [6.45, 7) is 0.678. The number of hydrogen-bond acceptors (Lipinski definition) is 3. The highest BCUT2D eigenvalue weighted by molar-refractivity contribution is 5.77. The van der Waals surface area contributed by atoms with Gasteiger partial charge in [0, 0.05) is 6.54 Å². The molecule has 0 aliphatic rings. The number of aryl methyl sites for hydroxylation is 1. The van der Waals surface area contributed by atoms with Gasteiger partial charge in [-0.2, -0.15) is 0 Å². The lowest BCUT2D eigenvalue weighted by molar-refractivity contribution is -0.123. The van der Waals surface area contributed by atoms with Crippen LogP contribution in [-0.2, 0) is 11.2 Å². The zero-order chi connectivity index (χ0) is 15.6. The fourth-order valence-electron chi connectivity index (χ4n) is 2.06. The molecule has 0 unspecified atom stereocenters. The van der Waals surface area contributed by atoms with Crippen molar-refractivity contribution in [3.8, 4) is 11.5 Å². The topological polar surface area (TPSA) is 47.6 Å². The fraction of sp³-hybridized carbons (Fsp3) is 0.278. The van der Waals surface area contributed by atoms with E-state index in [2.05, 4.69) is 11.4 Å². The molecule has 0 atom stereocenters. The molecule has 0 heterocycles. The Bertz CT molecular complexity index is 584. The Morgan fingerprint density at radius 2 is 1.82 bits per heavy atom. The van der Waals surface area contributed by atoms with E-state index in [1.165, 1.54) is 5.56 Å². The van der Waals surface area contributed by atoms with Crippen molar-refractivity contribution in [3.63, 3.8) is 0 Å². The molecule has 0 fully saturated rings. The number of hydrogen-bond donors (Lipinski definition) is 1. The minimum atomic E-state index is -0.102. The Labute approximate surface area is 131 Å². The van der Waals surface area contributed by atoms with Gasteiger partial charge in [-0.15, -0.1) is 0 Å². The highest BCUT2D eigenvalue weighted by atomic mass is 16.5. The van der Waals surface area contributed by atoms with Crippen LogP contribution in [0.2, 0.25) is 0 Å². The summed E-state index contributed by atoms with van der Waals surface area (Å²) >= 11 is 0. The van der Waals surface area contributed by atoms with Gasteiger partial charge in [-0.05, 0) is 42.7 Å². The first kappa shape index (κ1) is 15.9. The minimum absolute atomic E-state index is 0.0448. The summed E-state index contributed by atoms with van der Waals surface area (Å²) in [6, 6.07) is 17.3. The van der Waals surface area contributed by atoms with Crippen molar-refractivity contribution in [1.29, 1.82) is 0 Å². The second-order valence-electron chi connectivity index (χ2n) is 4.91. The summed E-state index contributed by atoms with van der Waals surface area (Å²) in [7, 11) is 1.66. The molecule has 1 N–H and O–H groups in total. The van der Waals surface area contributed by atoms with E-state index in [1.54, 1.807) is 7.11 Å². The Kier molecular flexibility index (Phi) is 6.30. The van der Waals surface area contributed by atoms with Crippen LogP contribution in [0.4, 0.5) is 0 Å². The maximum atomic E-state index is 11.7. The van der Waals surface area contributed by atoms with Crippen LogP contribution < -0.4 is 14.8 Å². The third-order valence-corrected chi connectivity index (χ3v) is 3.21. The van der Waals surface area contributed by atoms with Gasteiger partial charge in [-0.1, -0.05) is 30.3 Å². The van der Waals surface area contributed by atoms with E-state index in [0.717, 1.165) is 18.6 Å². The Morgan fingerprint density at radius 3 is 2.59 bits per heavy atom. The molecule has 1 amide bonds. The first-order valence-corrected chi connectivity index (χ1v) is 7.35. The molecule has 0 aromatic heterocycles. The number of amides is 1. The van der Waals surface area contributed by atoms with Crippen LogP contribution in [0.1, 0.15) is 12.0 Å². The molecule has 0 saturated heterocycles. The standard InChI is InChI=1S/C18H21NO3/c1-21-17-11-5-7-15(13-17)8-6-12-19-18(20)14-22-16-9-3-2-4-10-16/h2-5,7,9-11,13H,6,8,12,14H2,1H3,(H,19,20). The van der Waals surface area contributed by atoms with E-state index in [0.29, 0.717) is 12.3 Å². The average molecular weight is 299 g/mol. The van der Waals surface area contributed by atoms with Gasteiger partial charge in [0.2, 0.25) is 0 Å². The Morgan fingerprint density at radius 1 is 1.05 bits per heavy atom. The molecule has 116 valence electrons. The molecule has 4 heteroatoms. The molecule has 0 radical (unpaired) electrons. The van der Waals surface area contributed by atoms with Crippen LogP contribution in [-0.4, -0.2) is 26.2 Å². The van der Waals surface area contributed by atoms with Gasteiger partial charge in [0.15, 0.2) is 6.61 Å². The molecule has 22 heavy (non-hydrogen) atoms. The lowest BCUT2D eigenvalue weighted by Gasteiger charge is -2.08. The van der Waals surface area contributed by atoms with Crippen molar-refractivity contribution in [2.24, 2.45) is 0 Å². The number of methoxy groups -OCH3 is 1. The molecule has 2 aromatic carbocycles. The fourth-order valence-corrected chi connectivity index (χ4v) is 2.06. The van der Waals surface area contributed by atoms with E-state index in [1.807, 2.05) is 48.5 Å². The van der Waals surface area contributed by atoms with Gasteiger partial charge in [-0.25, -0.2) is 0 Å². The zero-order valence-corrected chi connectivity index (χ0v) is 12.7. The highest BCUT2D eigenvalue weighted by Crippen LogP contribution is 2.13. The normalized spacial score (nSPS) is 10.0. The van der Waals surface area contributed by atoms with E-state index in [9.17, 15) is 4.79 Å². The summed E-state index contributed by atoms with van der Waals surface area (Å²) in [5.74, 6) is 1.46. The molecular weight excluding hydrogens is 278 g/mol. The molecule has 2 rings (SSSR count). The molecule has 0 saturated carbocycles. The summed E-state index contributed by atoms with van der Waals surface area (Å²) in [4.78, 5) is 11.7. The molecule has 0 aliphatic heterocycles. The highest BCUT2D eigenvalue weighted by Gasteiger charge is 2.02. The van der Waals surface area contributed by atoms with E-state index in [-0.39, 0.29) is 12.5 Å². The third kappa shape index (κ3) is 5.48. The van der Waals surface area contributed by atoms with Gasteiger partial charge >= 0.3 is 0 Å². The summed E-state index contributed by atoms with van der Waals surface area (Å²) in [5.41, 5.74) is 1.20. The van der Waals surface area contributed by atoms with Gasteiger partial charge in [-0.3, -0.25) is 4.79 Å². The van der Waals surface area contributed by atoms with Crippen LogP contribution in [0.25, 0.3) is 0 Å². The summed E-state index contributed by atoms with van der Waals surface area (Å²) in [5, 5.41) is 2.86. The minimum Gasteiger partial charge on any atom is -0.497 e. The predicted octanol–water partition coefficient (Wildman–Crippen LogP) is 2.82. The number of nitrogens with one attached hydrogen (secondary N) is 1. The lowest BCUT2D eigenvalue weighted by Crippen LogP contribution is -2.29. The largest absolute Gasteiger partial charge is 0.497 e. The molecule has 0 bridgehead atoms. The molecule has 4 nitrogen and oxygen atoms in total. The molecule has 0 spiro atoms. The third-order valence-electron chi connectivity index (χ3n) is 3.21. The van der Waals surface area contributed by atoms with Crippen molar-refractivity contribution in [2.45, 2.75) is 12.8 Å². The Hall–Kier alpha value is -2.49.